The molecule has 90 valence electrons. The fourth-order valence-corrected chi connectivity index (χ4v) is 2.25. The summed E-state index contributed by atoms with van der Waals surface area (Å²) in [6, 6.07) is 0. The number of likely N-dealkylation sites (N-methyl/N-ethyl adjacent to an activating group) is 1. The predicted molar refractivity (Wildman–Crippen MR) is 65.1 cm³/mol. The molecule has 0 saturated carbocycles. The van der Waals surface area contributed by atoms with Crippen molar-refractivity contribution >= 4 is 17.7 Å². The molecule has 0 aliphatic heterocycles. The number of rotatable bonds is 9. The smallest absolute Gasteiger partial charge is 0.237 e. The largest absolute Gasteiger partial charge is 0.384 e. The molecule has 0 aromatic heterocycles. The number of amides is 1. The second-order valence-corrected chi connectivity index (χ2v) is 4.81. The SMILES string of the molecule is CCNC(C)(CCSCCOC)C(N)=O. The van der Waals surface area contributed by atoms with Crippen LogP contribution in [-0.4, -0.2) is 43.2 Å². The molecule has 0 fully saturated rings. The van der Waals surface area contributed by atoms with Crippen LogP contribution in [0.4, 0.5) is 0 Å². The Morgan fingerprint density at radius 3 is 2.67 bits per heavy atom. The Bertz CT molecular complexity index is 190. The molecule has 0 saturated heterocycles. The molecule has 5 heteroatoms. The van der Waals surface area contributed by atoms with Crippen LogP contribution in [0.3, 0.4) is 0 Å². The van der Waals surface area contributed by atoms with Crippen LogP contribution in [0, 0.1) is 0 Å². The summed E-state index contributed by atoms with van der Waals surface area (Å²) in [5.74, 6) is 1.59. The molecule has 0 heterocycles. The lowest BCUT2D eigenvalue weighted by Gasteiger charge is -2.26. The summed E-state index contributed by atoms with van der Waals surface area (Å²) in [5, 5.41) is 3.13. The number of nitrogens with two attached hydrogens (primary N) is 1. The van der Waals surface area contributed by atoms with Crippen molar-refractivity contribution in [2.45, 2.75) is 25.8 Å². The van der Waals surface area contributed by atoms with E-state index >= 15 is 0 Å². The number of primary amides is 1. The summed E-state index contributed by atoms with van der Waals surface area (Å²) >= 11 is 1.78. The Hall–Kier alpha value is -0.260. The van der Waals surface area contributed by atoms with Crippen molar-refractivity contribution in [3.8, 4) is 0 Å². The second kappa shape index (κ2) is 7.96. The number of thioether (sulfide) groups is 1. The van der Waals surface area contributed by atoms with E-state index in [4.69, 9.17) is 10.5 Å². The average molecular weight is 234 g/mol. The summed E-state index contributed by atoms with van der Waals surface area (Å²) < 4.78 is 4.94. The minimum absolute atomic E-state index is 0.281. The highest BCUT2D eigenvalue weighted by Gasteiger charge is 2.28. The summed E-state index contributed by atoms with van der Waals surface area (Å²) in [4.78, 5) is 11.3. The van der Waals surface area contributed by atoms with Crippen molar-refractivity contribution in [2.24, 2.45) is 5.73 Å². The van der Waals surface area contributed by atoms with E-state index in [9.17, 15) is 4.79 Å². The number of methoxy groups -OCH3 is 1. The van der Waals surface area contributed by atoms with Crippen LogP contribution < -0.4 is 11.1 Å². The summed E-state index contributed by atoms with van der Waals surface area (Å²) in [5.41, 5.74) is 4.79. The van der Waals surface area contributed by atoms with Crippen LogP contribution in [0.15, 0.2) is 0 Å². The van der Waals surface area contributed by atoms with Crippen molar-refractivity contribution in [3.05, 3.63) is 0 Å². The maximum atomic E-state index is 11.3. The van der Waals surface area contributed by atoms with Gasteiger partial charge < -0.3 is 15.8 Å². The third kappa shape index (κ3) is 6.02. The van der Waals surface area contributed by atoms with Crippen LogP contribution in [0.1, 0.15) is 20.3 Å². The Kier molecular flexibility index (Phi) is 7.82. The minimum atomic E-state index is -0.575. The molecule has 1 unspecified atom stereocenters. The fourth-order valence-electron chi connectivity index (χ4n) is 1.21. The zero-order chi connectivity index (χ0) is 11.7. The van der Waals surface area contributed by atoms with Crippen LogP contribution in [0.5, 0.6) is 0 Å². The molecule has 0 radical (unpaired) electrons. The second-order valence-electron chi connectivity index (χ2n) is 3.58. The number of carbonyl (C=O) groups is 1. The highest BCUT2D eigenvalue weighted by molar-refractivity contribution is 7.99. The lowest BCUT2D eigenvalue weighted by molar-refractivity contribution is -0.123. The first-order chi connectivity index (χ1) is 7.06. The van der Waals surface area contributed by atoms with Gasteiger partial charge in [-0.2, -0.15) is 11.8 Å². The third-order valence-corrected chi connectivity index (χ3v) is 3.24. The Morgan fingerprint density at radius 1 is 1.53 bits per heavy atom. The fraction of sp³-hybridized carbons (Fsp3) is 0.900. The number of nitrogens with one attached hydrogen (secondary N) is 1. The van der Waals surface area contributed by atoms with Gasteiger partial charge in [0.05, 0.1) is 12.1 Å². The number of hydrogen-bond acceptors (Lipinski definition) is 4. The highest BCUT2D eigenvalue weighted by atomic mass is 32.2. The maximum Gasteiger partial charge on any atom is 0.237 e. The normalized spacial score (nSPS) is 14.9. The van der Waals surface area contributed by atoms with Crippen molar-refractivity contribution in [3.63, 3.8) is 0 Å². The molecule has 0 bridgehead atoms. The molecule has 15 heavy (non-hydrogen) atoms. The van der Waals surface area contributed by atoms with E-state index in [1.54, 1.807) is 18.9 Å². The predicted octanol–water partition coefficient (Wildman–Crippen LogP) is 0.610. The van der Waals surface area contributed by atoms with Gasteiger partial charge in [-0.3, -0.25) is 4.79 Å². The van der Waals surface area contributed by atoms with Crippen molar-refractivity contribution < 1.29 is 9.53 Å². The number of carbonyl (C=O) groups excluding carboxylic acids is 1. The van der Waals surface area contributed by atoms with Crippen LogP contribution in [0.25, 0.3) is 0 Å². The monoisotopic (exact) mass is 234 g/mol. The molecule has 0 aliphatic carbocycles. The van der Waals surface area contributed by atoms with Crippen molar-refractivity contribution in [2.75, 3.05) is 31.8 Å². The van der Waals surface area contributed by atoms with Crippen molar-refractivity contribution in [1.29, 1.82) is 0 Å². The van der Waals surface area contributed by atoms with Gasteiger partial charge in [-0.25, -0.2) is 0 Å². The third-order valence-electron chi connectivity index (χ3n) is 2.29. The molecule has 1 amide bonds. The summed E-state index contributed by atoms with van der Waals surface area (Å²) in [7, 11) is 1.69. The molecular formula is C10H22N2O2S. The van der Waals surface area contributed by atoms with Gasteiger partial charge >= 0.3 is 0 Å². The quantitative estimate of drug-likeness (QED) is 0.574. The molecule has 3 N–H and O–H groups in total. The zero-order valence-electron chi connectivity index (χ0n) is 9.84. The van der Waals surface area contributed by atoms with Gasteiger partial charge in [-0.15, -0.1) is 0 Å². The molecule has 0 rings (SSSR count). The molecule has 1 atom stereocenters. The van der Waals surface area contributed by atoms with Crippen LogP contribution >= 0.6 is 11.8 Å². The standard InChI is InChI=1S/C10H22N2O2S/c1-4-12-10(2,9(11)13)5-7-15-8-6-14-3/h12H,4-8H2,1-3H3,(H2,11,13). The first kappa shape index (κ1) is 14.7. The van der Waals surface area contributed by atoms with Gasteiger partial charge in [0.2, 0.25) is 5.91 Å². The number of hydrogen-bond donors (Lipinski definition) is 2. The lowest BCUT2D eigenvalue weighted by atomic mass is 9.98. The molecule has 0 aliphatic rings. The van der Waals surface area contributed by atoms with Crippen molar-refractivity contribution in [1.82, 2.24) is 5.32 Å². The molecule has 0 aromatic carbocycles. The van der Waals surface area contributed by atoms with Gasteiger partial charge in [-0.05, 0) is 25.6 Å². The lowest BCUT2D eigenvalue weighted by Crippen LogP contribution is -2.53. The highest BCUT2D eigenvalue weighted by Crippen LogP contribution is 2.13. The molecule has 4 nitrogen and oxygen atoms in total. The topological polar surface area (TPSA) is 64.3 Å². The van der Waals surface area contributed by atoms with Gasteiger partial charge in [0.25, 0.3) is 0 Å². The van der Waals surface area contributed by atoms with E-state index in [0.29, 0.717) is 0 Å². The van der Waals surface area contributed by atoms with Gasteiger partial charge in [0.1, 0.15) is 0 Å². The van der Waals surface area contributed by atoms with Gasteiger partial charge in [0, 0.05) is 12.9 Å². The van der Waals surface area contributed by atoms with E-state index in [1.807, 2.05) is 13.8 Å². The minimum Gasteiger partial charge on any atom is -0.384 e. The van der Waals surface area contributed by atoms with Gasteiger partial charge in [0.15, 0.2) is 0 Å². The van der Waals surface area contributed by atoms with E-state index in [2.05, 4.69) is 5.32 Å². The maximum absolute atomic E-state index is 11.3. The first-order valence-electron chi connectivity index (χ1n) is 5.18. The summed E-state index contributed by atoms with van der Waals surface area (Å²) in [6.45, 7) is 5.33. The van der Waals surface area contributed by atoms with E-state index in [1.165, 1.54) is 0 Å². The Morgan fingerprint density at radius 2 is 2.20 bits per heavy atom. The first-order valence-corrected chi connectivity index (χ1v) is 6.34. The van der Waals surface area contributed by atoms with Gasteiger partial charge in [-0.1, -0.05) is 6.92 Å². The molecule has 0 aromatic rings. The average Bonchev–Trinajstić information content (AvgIpc) is 2.18. The molecule has 0 spiro atoms. The van der Waals surface area contributed by atoms with E-state index < -0.39 is 5.54 Å². The van der Waals surface area contributed by atoms with Crippen LogP contribution in [0.2, 0.25) is 0 Å². The van der Waals surface area contributed by atoms with E-state index in [0.717, 1.165) is 31.1 Å². The number of ether oxygens (including phenoxy) is 1. The zero-order valence-corrected chi connectivity index (χ0v) is 10.7. The molecular weight excluding hydrogens is 212 g/mol. The Balaban J connectivity index is 3.81. The van der Waals surface area contributed by atoms with E-state index in [-0.39, 0.29) is 5.91 Å². The Labute approximate surface area is 96.3 Å². The van der Waals surface area contributed by atoms with Crippen LogP contribution in [-0.2, 0) is 9.53 Å². The summed E-state index contributed by atoms with van der Waals surface area (Å²) in [6.07, 6.45) is 0.755.